The molecule has 1 aliphatic rings. The number of aliphatic hydroxyl groups excluding tert-OH is 1. The van der Waals surface area contributed by atoms with E-state index in [1.54, 1.807) is 102 Å². The highest BCUT2D eigenvalue weighted by Gasteiger charge is 2.43. The van der Waals surface area contributed by atoms with Gasteiger partial charge in [-0.1, -0.05) is 90.1 Å². The molecule has 2 heterocycles. The highest BCUT2D eigenvalue weighted by molar-refractivity contribution is 6.02. The number of guanidine groups is 1. The van der Waals surface area contributed by atoms with Crippen molar-refractivity contribution in [1.82, 2.24) is 79.0 Å². The molecule has 30 N–H and O–H groups in total. The van der Waals surface area contributed by atoms with E-state index >= 15 is 9.59 Å². The molecule has 0 bridgehead atoms. The summed E-state index contributed by atoms with van der Waals surface area (Å²) in [5.74, 6) is -23.1. The van der Waals surface area contributed by atoms with Gasteiger partial charge in [0.05, 0.1) is 25.5 Å². The molecule has 0 aliphatic carbocycles. The van der Waals surface area contributed by atoms with Gasteiger partial charge in [0, 0.05) is 62.3 Å². The van der Waals surface area contributed by atoms with Crippen LogP contribution in [-0.4, -0.2) is 265 Å². The number of aliphatic carboxylic acids is 4. The first-order valence-electron chi connectivity index (χ1n) is 41.5. The standard InChI is InChI=1S/C81H123N21O24/c1-41(2)32-53(95-76(121)57(38-66(110)111)98-77(122)60(40-103)101-74(119)55(35-44-16-8-7-9-17-44)96-69(114)50(21-14-30-88-81(86)87)91-70(115)51(24-27-64(106)107)90-67(112)47(83)23-26-62(84)104)72(117)97-56(36-45-39-89-48-19-11-10-18-46(45)48)75(120)92-49(20-12-13-29-82)68(113)94-54(33-42(3)4)73(118)99-58(34-43(5)6)79(124)102-31-15-22-61(102)78(123)93-52(25-28-65(108)109)71(116)100-59(80(125)126)37-63(85)105/h7-11,16-19,39,41-43,47,49-61,89,103H,12-15,20-38,40,82-83H2,1-6H3,(H2,84,104)(H2,85,105)(H,90,112)(H,91,115)(H,92,120)(H,93,123)(H,94,113)(H,95,121)(H,96,114)(H,97,117)(H,98,122)(H,99,118)(H,100,116)(H,101,119)(H,106,107)(H,108,109)(H,110,111)(H,125,126)(H4,86,87,88)/t47-,49-,50-,51-,52-,53-,54-,55-,56-,57-,58-,59-,60-,61-/m0/s1. The van der Waals surface area contributed by atoms with E-state index in [9.17, 15) is 107 Å². The molecule has 45 heteroatoms. The second kappa shape index (κ2) is 53.3. The molecular weight excluding hydrogens is 1650 g/mol. The molecule has 0 spiro atoms. The minimum Gasteiger partial charge on any atom is -0.481 e. The predicted molar refractivity (Wildman–Crippen MR) is 451 cm³/mol. The lowest BCUT2D eigenvalue weighted by Gasteiger charge is -2.32. The number of unbranched alkanes of at least 4 members (excludes halogenated alkanes) is 1. The van der Waals surface area contributed by atoms with E-state index in [2.05, 4.69) is 74.1 Å². The highest BCUT2D eigenvalue weighted by atomic mass is 16.4. The van der Waals surface area contributed by atoms with Crippen molar-refractivity contribution in [2.45, 2.75) is 255 Å². The number of fused-ring (bicyclic) bond motifs is 1. The van der Waals surface area contributed by atoms with Crippen molar-refractivity contribution >= 4 is 129 Å². The lowest BCUT2D eigenvalue weighted by molar-refractivity contribution is -0.145. The number of para-hydroxylation sites is 1. The number of aromatic amines is 1. The van der Waals surface area contributed by atoms with Gasteiger partial charge in [0.15, 0.2) is 5.96 Å². The van der Waals surface area contributed by atoms with Crippen LogP contribution in [0.4, 0.5) is 0 Å². The predicted octanol–water partition coefficient (Wildman–Crippen LogP) is -4.96. The van der Waals surface area contributed by atoms with E-state index in [1.165, 1.54) is 4.90 Å². The minimum atomic E-state index is -2.10. The minimum absolute atomic E-state index is 0.00867. The number of nitrogens with two attached hydrogens (primary N) is 5. The number of nitrogens with zero attached hydrogens (tertiary/aromatic N) is 1. The zero-order valence-electron chi connectivity index (χ0n) is 71.4. The number of primary amides is 2. The Morgan fingerprint density at radius 3 is 1.38 bits per heavy atom. The monoisotopic (exact) mass is 1770 g/mol. The molecule has 0 radical (unpaired) electrons. The van der Waals surface area contributed by atoms with Crippen LogP contribution < -0.4 is 97.8 Å². The van der Waals surface area contributed by atoms with Gasteiger partial charge in [-0.25, -0.2) is 4.79 Å². The average molecular weight is 1770 g/mol. The van der Waals surface area contributed by atoms with Gasteiger partial charge >= 0.3 is 23.9 Å². The Kier molecular flexibility index (Phi) is 44.6. The normalized spacial score (nSPS) is 15.5. The van der Waals surface area contributed by atoms with Crippen LogP contribution in [0.15, 0.2) is 60.8 Å². The van der Waals surface area contributed by atoms with E-state index in [4.69, 9.17) is 34.1 Å². The molecule has 45 nitrogen and oxygen atoms in total. The number of amides is 15. The molecule has 0 unspecified atom stereocenters. The summed E-state index contributed by atoms with van der Waals surface area (Å²) in [5.41, 5.74) is 29.2. The van der Waals surface area contributed by atoms with Gasteiger partial charge in [0.25, 0.3) is 0 Å². The van der Waals surface area contributed by atoms with Crippen LogP contribution in [0.25, 0.3) is 10.9 Å². The summed E-state index contributed by atoms with van der Waals surface area (Å²) in [4.78, 5) is 263. The number of likely N-dealkylation sites (tertiary alicyclic amines) is 1. The number of carbonyl (C=O) groups is 19. The van der Waals surface area contributed by atoms with E-state index in [0.717, 1.165) is 0 Å². The van der Waals surface area contributed by atoms with Crippen molar-refractivity contribution in [3.8, 4) is 0 Å². The van der Waals surface area contributed by atoms with Crippen molar-refractivity contribution < 1.29 is 117 Å². The van der Waals surface area contributed by atoms with Crippen molar-refractivity contribution in [3.63, 3.8) is 0 Å². The van der Waals surface area contributed by atoms with Crippen molar-refractivity contribution in [3.05, 3.63) is 71.9 Å². The van der Waals surface area contributed by atoms with Gasteiger partial charge in [0.2, 0.25) is 88.6 Å². The number of nitrogens with one attached hydrogen (secondary N) is 15. The fourth-order valence-electron chi connectivity index (χ4n) is 13.7. The number of carboxylic acids is 4. The van der Waals surface area contributed by atoms with Crippen LogP contribution in [0.3, 0.4) is 0 Å². The third-order valence-electron chi connectivity index (χ3n) is 20.1. The van der Waals surface area contributed by atoms with E-state index in [-0.39, 0.29) is 115 Å². The SMILES string of the molecule is CC(C)C[C@H](NC(=O)[C@H](CC(=O)O)NC(=O)[C@H](CO)NC(=O)[C@H](Cc1ccccc1)NC(=O)[C@H](CCCNC(=N)N)NC(=O)[C@H](CCC(=O)O)NC(=O)[C@@H](N)CCC(N)=O)C(=O)N[C@@H](Cc1c[nH]c2ccccc12)C(=O)N[C@@H](CCCCN)C(=O)N[C@@H](CC(C)C)C(=O)N[C@@H](CC(C)C)C(=O)N1CCC[C@H]1C(=O)N[C@@H](CCC(=O)O)C(=O)N[C@@H](CC(N)=O)C(=O)O. The molecule has 0 saturated carbocycles. The Labute approximate surface area is 726 Å². The Bertz CT molecular complexity index is 4300. The summed E-state index contributed by atoms with van der Waals surface area (Å²) in [5, 5.41) is 90.0. The van der Waals surface area contributed by atoms with Crippen LogP contribution in [0.5, 0.6) is 0 Å². The summed E-state index contributed by atoms with van der Waals surface area (Å²) in [6.07, 6.45) is -3.99. The third kappa shape index (κ3) is 37.2. The first kappa shape index (κ1) is 105. The molecule has 1 aromatic heterocycles. The molecule has 2 aromatic carbocycles. The largest absolute Gasteiger partial charge is 0.481 e. The van der Waals surface area contributed by atoms with Crippen LogP contribution in [0.2, 0.25) is 0 Å². The Hall–Kier alpha value is -12.9. The highest BCUT2D eigenvalue weighted by Crippen LogP contribution is 2.24. The summed E-state index contributed by atoms with van der Waals surface area (Å²) >= 11 is 0. The molecule has 3 aromatic rings. The fraction of sp³-hybridized carbons (Fsp3) is 0.580. The molecule has 696 valence electrons. The number of rotatable bonds is 58. The number of hydrogen-bond donors (Lipinski definition) is 25. The Balaban J connectivity index is 1.66. The second-order valence-electron chi connectivity index (χ2n) is 32.1. The maximum Gasteiger partial charge on any atom is 0.326 e. The molecule has 14 atom stereocenters. The fourth-order valence-corrected chi connectivity index (χ4v) is 13.7. The van der Waals surface area contributed by atoms with Gasteiger partial charge in [-0.2, -0.15) is 0 Å². The van der Waals surface area contributed by atoms with E-state index < -0.39 is 254 Å². The van der Waals surface area contributed by atoms with Crippen molar-refractivity contribution in [2.24, 2.45) is 46.4 Å². The van der Waals surface area contributed by atoms with Gasteiger partial charge in [-0.3, -0.25) is 91.7 Å². The number of aromatic nitrogens is 1. The van der Waals surface area contributed by atoms with Crippen molar-refractivity contribution in [1.29, 1.82) is 5.41 Å². The number of H-pyrrole nitrogens is 1. The second-order valence-corrected chi connectivity index (χ2v) is 32.1. The summed E-state index contributed by atoms with van der Waals surface area (Å²) < 4.78 is 0. The molecule has 15 amide bonds. The summed E-state index contributed by atoms with van der Waals surface area (Å²) in [7, 11) is 0. The Morgan fingerprint density at radius 2 is 0.881 bits per heavy atom. The topological polar surface area (TPSA) is 755 Å². The van der Waals surface area contributed by atoms with Gasteiger partial charge in [-0.05, 0) is 125 Å². The lowest BCUT2D eigenvalue weighted by atomic mass is 9.98. The molecule has 1 saturated heterocycles. The first-order valence-corrected chi connectivity index (χ1v) is 41.5. The van der Waals surface area contributed by atoms with Gasteiger partial charge in [0.1, 0.15) is 78.5 Å². The Morgan fingerprint density at radius 1 is 0.452 bits per heavy atom. The molecule has 4 rings (SSSR count). The van der Waals surface area contributed by atoms with Crippen LogP contribution in [0, 0.1) is 23.2 Å². The van der Waals surface area contributed by atoms with Crippen LogP contribution >= 0.6 is 0 Å². The number of hydrogen-bond acceptors (Lipinski definition) is 23. The third-order valence-corrected chi connectivity index (χ3v) is 20.1. The van der Waals surface area contributed by atoms with Crippen LogP contribution in [-0.2, 0) is 104 Å². The maximum atomic E-state index is 15.2. The van der Waals surface area contributed by atoms with Crippen LogP contribution in [0.1, 0.15) is 168 Å². The molecule has 1 aliphatic heterocycles. The first-order chi connectivity index (χ1) is 59.4. The number of aliphatic hydroxyl groups is 1. The van der Waals surface area contributed by atoms with Crippen molar-refractivity contribution in [2.75, 3.05) is 26.2 Å². The number of carboxylic acid groups (broad SMARTS) is 4. The number of benzene rings is 2. The van der Waals surface area contributed by atoms with Gasteiger partial charge < -0.3 is 133 Å². The number of carbonyl (C=O) groups excluding carboxylic acids is 15. The van der Waals surface area contributed by atoms with Gasteiger partial charge in [-0.15, -0.1) is 0 Å². The smallest absolute Gasteiger partial charge is 0.326 e. The molecule has 1 fully saturated rings. The zero-order valence-corrected chi connectivity index (χ0v) is 71.4. The summed E-state index contributed by atoms with van der Waals surface area (Å²) in [6.45, 7) is 9.12. The maximum absolute atomic E-state index is 15.2. The molecular formula is C81H123N21O24. The molecule has 126 heavy (non-hydrogen) atoms. The van der Waals surface area contributed by atoms with E-state index in [1.807, 2.05) is 0 Å². The average Bonchev–Trinajstić information content (AvgIpc) is 1.65. The summed E-state index contributed by atoms with van der Waals surface area (Å²) in [6, 6.07) is -8.02. The lowest BCUT2D eigenvalue weighted by Crippen LogP contribution is -2.62. The quantitative estimate of drug-likeness (QED) is 0.0143. The van der Waals surface area contributed by atoms with E-state index in [0.29, 0.717) is 28.5 Å². The zero-order chi connectivity index (χ0) is 94.2.